The maximum absolute atomic E-state index is 10.8. The molecule has 5 heteroatoms. The molecule has 0 bridgehead atoms. The van der Waals surface area contributed by atoms with Crippen LogP contribution in [0.5, 0.6) is 0 Å². The Kier molecular flexibility index (Phi) is 3.64. The second kappa shape index (κ2) is 4.76. The predicted octanol–water partition coefficient (Wildman–Crippen LogP) is 0.0389. The molecule has 0 aliphatic carbocycles. The fourth-order valence-electron chi connectivity index (χ4n) is 1.44. The Hall–Kier alpha value is -1.36. The first-order valence-corrected chi connectivity index (χ1v) is 4.64. The largest absolute Gasteiger partial charge is 0.370 e. The first kappa shape index (κ1) is 10.7. The van der Waals surface area contributed by atoms with E-state index < -0.39 is 0 Å². The summed E-state index contributed by atoms with van der Waals surface area (Å²) >= 11 is 0. The van der Waals surface area contributed by atoms with Crippen LogP contribution in [0.15, 0.2) is 12.5 Å². The number of aryl methyl sites for hydroxylation is 1. The molecule has 78 valence electrons. The fraction of sp³-hybridized carbons (Fsp3) is 0.556. The Labute approximate surface area is 83.3 Å². The summed E-state index contributed by atoms with van der Waals surface area (Å²) in [6.07, 6.45) is 3.80. The van der Waals surface area contributed by atoms with E-state index in [0.717, 1.165) is 12.2 Å². The SMILES string of the molecule is CCn1cncc1C(CC(N)=O)NC. The van der Waals surface area contributed by atoms with E-state index in [1.54, 1.807) is 19.6 Å². The van der Waals surface area contributed by atoms with Crippen molar-refractivity contribution in [1.29, 1.82) is 0 Å². The zero-order chi connectivity index (χ0) is 10.6. The van der Waals surface area contributed by atoms with Crippen LogP contribution in [0, 0.1) is 0 Å². The second-order valence-electron chi connectivity index (χ2n) is 3.12. The standard InChI is InChI=1S/C9H16N4O/c1-3-13-6-12-5-8(13)7(11-2)4-9(10)14/h5-7,11H,3-4H2,1-2H3,(H2,10,14). The second-order valence-corrected chi connectivity index (χ2v) is 3.12. The van der Waals surface area contributed by atoms with E-state index in [0.29, 0.717) is 6.42 Å². The van der Waals surface area contributed by atoms with Crippen LogP contribution in [0.2, 0.25) is 0 Å². The van der Waals surface area contributed by atoms with Crippen molar-refractivity contribution in [3.05, 3.63) is 18.2 Å². The van der Waals surface area contributed by atoms with Gasteiger partial charge in [0.15, 0.2) is 0 Å². The van der Waals surface area contributed by atoms with Gasteiger partial charge in [0, 0.05) is 19.2 Å². The molecule has 14 heavy (non-hydrogen) atoms. The summed E-state index contributed by atoms with van der Waals surface area (Å²) in [5.41, 5.74) is 6.15. The summed E-state index contributed by atoms with van der Waals surface area (Å²) in [6.45, 7) is 2.87. The molecule has 1 atom stereocenters. The minimum absolute atomic E-state index is 0.0463. The number of nitrogens with one attached hydrogen (secondary N) is 1. The van der Waals surface area contributed by atoms with E-state index in [1.165, 1.54) is 0 Å². The third kappa shape index (κ3) is 2.32. The lowest BCUT2D eigenvalue weighted by Crippen LogP contribution is -2.25. The van der Waals surface area contributed by atoms with Crippen molar-refractivity contribution in [2.24, 2.45) is 5.73 Å². The minimum Gasteiger partial charge on any atom is -0.370 e. The summed E-state index contributed by atoms with van der Waals surface area (Å²) < 4.78 is 1.99. The van der Waals surface area contributed by atoms with Crippen LogP contribution < -0.4 is 11.1 Å². The van der Waals surface area contributed by atoms with Crippen molar-refractivity contribution >= 4 is 5.91 Å². The molecule has 0 saturated heterocycles. The van der Waals surface area contributed by atoms with Gasteiger partial charge in [-0.15, -0.1) is 0 Å². The Bertz CT molecular complexity index is 308. The molecule has 5 nitrogen and oxygen atoms in total. The van der Waals surface area contributed by atoms with Gasteiger partial charge in [0.05, 0.1) is 18.1 Å². The predicted molar refractivity (Wildman–Crippen MR) is 53.5 cm³/mol. The van der Waals surface area contributed by atoms with Gasteiger partial charge in [-0.05, 0) is 14.0 Å². The summed E-state index contributed by atoms with van der Waals surface area (Å²) in [6, 6.07) is -0.0463. The van der Waals surface area contributed by atoms with Gasteiger partial charge in [-0.1, -0.05) is 0 Å². The van der Waals surface area contributed by atoms with Gasteiger partial charge in [0.25, 0.3) is 0 Å². The number of carbonyl (C=O) groups is 1. The van der Waals surface area contributed by atoms with Gasteiger partial charge in [-0.25, -0.2) is 4.98 Å². The van der Waals surface area contributed by atoms with Crippen LogP contribution in [-0.2, 0) is 11.3 Å². The van der Waals surface area contributed by atoms with E-state index in [9.17, 15) is 4.79 Å². The smallest absolute Gasteiger partial charge is 0.219 e. The normalized spacial score (nSPS) is 12.7. The van der Waals surface area contributed by atoms with E-state index in [2.05, 4.69) is 10.3 Å². The Morgan fingerprint density at radius 1 is 1.79 bits per heavy atom. The third-order valence-corrected chi connectivity index (χ3v) is 2.20. The molecule has 1 rings (SSSR count). The number of aromatic nitrogens is 2. The molecule has 0 aromatic carbocycles. The Morgan fingerprint density at radius 3 is 3.00 bits per heavy atom. The van der Waals surface area contributed by atoms with Gasteiger partial charge in [0.2, 0.25) is 5.91 Å². The summed E-state index contributed by atoms with van der Waals surface area (Å²) in [5, 5.41) is 3.05. The highest BCUT2D eigenvalue weighted by Crippen LogP contribution is 2.15. The molecule has 1 heterocycles. The molecule has 1 amide bonds. The lowest BCUT2D eigenvalue weighted by molar-refractivity contribution is -0.118. The lowest BCUT2D eigenvalue weighted by Gasteiger charge is -2.15. The minimum atomic E-state index is -0.312. The topological polar surface area (TPSA) is 72.9 Å². The highest BCUT2D eigenvalue weighted by atomic mass is 16.1. The monoisotopic (exact) mass is 196 g/mol. The van der Waals surface area contributed by atoms with Gasteiger partial charge >= 0.3 is 0 Å². The number of nitrogens with two attached hydrogens (primary N) is 1. The third-order valence-electron chi connectivity index (χ3n) is 2.20. The van der Waals surface area contributed by atoms with Crippen molar-refractivity contribution in [2.75, 3.05) is 7.05 Å². The first-order valence-electron chi connectivity index (χ1n) is 4.64. The number of carbonyl (C=O) groups excluding carboxylic acids is 1. The van der Waals surface area contributed by atoms with Gasteiger partial charge in [-0.3, -0.25) is 4.79 Å². The molecular weight excluding hydrogens is 180 g/mol. The van der Waals surface area contributed by atoms with E-state index in [-0.39, 0.29) is 11.9 Å². The molecule has 0 saturated carbocycles. The van der Waals surface area contributed by atoms with Crippen LogP contribution >= 0.6 is 0 Å². The molecule has 0 radical (unpaired) electrons. The van der Waals surface area contributed by atoms with Crippen LogP contribution in [0.3, 0.4) is 0 Å². The summed E-state index contributed by atoms with van der Waals surface area (Å²) in [4.78, 5) is 14.9. The molecule has 0 spiro atoms. The van der Waals surface area contributed by atoms with Crippen molar-refractivity contribution < 1.29 is 4.79 Å². The Balaban J connectivity index is 2.82. The summed E-state index contributed by atoms with van der Waals surface area (Å²) in [7, 11) is 1.81. The average Bonchev–Trinajstić information content (AvgIpc) is 2.61. The molecular formula is C9H16N4O. The Morgan fingerprint density at radius 2 is 2.50 bits per heavy atom. The maximum atomic E-state index is 10.8. The number of hydrogen-bond acceptors (Lipinski definition) is 3. The number of nitrogens with zero attached hydrogens (tertiary/aromatic N) is 2. The maximum Gasteiger partial charge on any atom is 0.219 e. The molecule has 0 aliphatic rings. The molecule has 3 N–H and O–H groups in total. The lowest BCUT2D eigenvalue weighted by atomic mass is 10.1. The van der Waals surface area contributed by atoms with Gasteiger partial charge < -0.3 is 15.6 Å². The number of hydrogen-bond donors (Lipinski definition) is 2. The van der Waals surface area contributed by atoms with Crippen LogP contribution in [0.25, 0.3) is 0 Å². The zero-order valence-electron chi connectivity index (χ0n) is 8.53. The van der Waals surface area contributed by atoms with Crippen molar-refractivity contribution in [2.45, 2.75) is 25.9 Å². The molecule has 1 aromatic rings. The fourth-order valence-corrected chi connectivity index (χ4v) is 1.44. The average molecular weight is 196 g/mol. The van der Waals surface area contributed by atoms with Crippen molar-refractivity contribution in [3.8, 4) is 0 Å². The van der Waals surface area contributed by atoms with Gasteiger partial charge in [0.1, 0.15) is 0 Å². The van der Waals surface area contributed by atoms with Crippen molar-refractivity contribution in [3.63, 3.8) is 0 Å². The van der Waals surface area contributed by atoms with E-state index in [1.807, 2.05) is 11.5 Å². The van der Waals surface area contributed by atoms with Crippen LogP contribution in [-0.4, -0.2) is 22.5 Å². The van der Waals surface area contributed by atoms with Crippen molar-refractivity contribution in [1.82, 2.24) is 14.9 Å². The van der Waals surface area contributed by atoms with E-state index >= 15 is 0 Å². The molecule has 1 unspecified atom stereocenters. The summed E-state index contributed by atoms with van der Waals surface area (Å²) in [5.74, 6) is -0.312. The quantitative estimate of drug-likeness (QED) is 0.698. The molecule has 1 aromatic heterocycles. The highest BCUT2D eigenvalue weighted by molar-refractivity contribution is 5.74. The van der Waals surface area contributed by atoms with E-state index in [4.69, 9.17) is 5.73 Å². The highest BCUT2D eigenvalue weighted by Gasteiger charge is 2.15. The first-order chi connectivity index (χ1) is 6.69. The van der Waals surface area contributed by atoms with Gasteiger partial charge in [-0.2, -0.15) is 0 Å². The zero-order valence-corrected chi connectivity index (χ0v) is 8.53. The number of amides is 1. The number of imidazole rings is 1. The molecule has 0 fully saturated rings. The van der Waals surface area contributed by atoms with Crippen LogP contribution in [0.4, 0.5) is 0 Å². The number of primary amides is 1. The molecule has 0 aliphatic heterocycles. The van der Waals surface area contributed by atoms with Crippen LogP contribution in [0.1, 0.15) is 25.1 Å². The number of rotatable bonds is 5.